The quantitative estimate of drug-likeness (QED) is 0.774. The molecule has 0 amide bonds. The van der Waals surface area contributed by atoms with Crippen LogP contribution in [0.15, 0.2) is 0 Å². The number of hydrogen-bond donors (Lipinski definition) is 1. The Morgan fingerprint density at radius 1 is 1.31 bits per heavy atom. The average Bonchev–Trinajstić information content (AvgIpc) is 2.73. The summed E-state index contributed by atoms with van der Waals surface area (Å²) in [6.45, 7) is 4.41. The first-order chi connectivity index (χ1) is 7.81. The molecule has 0 spiro atoms. The van der Waals surface area contributed by atoms with Crippen LogP contribution in [0.3, 0.4) is 0 Å². The molecule has 0 aromatic rings. The first-order valence-corrected chi connectivity index (χ1v) is 6.67. The number of hydrogen-bond acceptors (Lipinski definition) is 3. The van der Waals surface area contributed by atoms with E-state index in [2.05, 4.69) is 23.2 Å². The van der Waals surface area contributed by atoms with Crippen LogP contribution in [-0.4, -0.2) is 36.1 Å². The molecule has 2 rings (SSSR count). The van der Waals surface area contributed by atoms with Gasteiger partial charge in [-0.3, -0.25) is 4.90 Å². The van der Waals surface area contributed by atoms with Gasteiger partial charge in [-0.2, -0.15) is 5.26 Å². The number of nitrogens with one attached hydrogen (secondary N) is 1. The highest BCUT2D eigenvalue weighted by molar-refractivity contribution is 4.92. The predicted octanol–water partition coefficient (Wildman–Crippen LogP) is 1.90. The third kappa shape index (κ3) is 2.75. The molecule has 2 aliphatic rings. The van der Waals surface area contributed by atoms with Crippen molar-refractivity contribution in [2.24, 2.45) is 0 Å². The van der Waals surface area contributed by atoms with Crippen molar-refractivity contribution < 1.29 is 0 Å². The van der Waals surface area contributed by atoms with E-state index in [1.165, 1.54) is 38.6 Å². The van der Waals surface area contributed by atoms with Crippen LogP contribution in [0.2, 0.25) is 0 Å². The highest BCUT2D eigenvalue weighted by Gasteiger charge is 2.30. The maximum Gasteiger partial charge on any atom is 0.0638 e. The molecular weight excluding hydrogens is 198 g/mol. The zero-order valence-electron chi connectivity index (χ0n) is 10.3. The Morgan fingerprint density at radius 3 is 2.75 bits per heavy atom. The molecule has 1 saturated carbocycles. The van der Waals surface area contributed by atoms with Crippen LogP contribution in [0.4, 0.5) is 0 Å². The Hall–Kier alpha value is -0.590. The van der Waals surface area contributed by atoms with Crippen LogP contribution in [0.1, 0.15) is 45.4 Å². The van der Waals surface area contributed by atoms with Gasteiger partial charge in [-0.05, 0) is 26.2 Å². The lowest BCUT2D eigenvalue weighted by atomic mass is 10.1. The Morgan fingerprint density at radius 2 is 2.06 bits per heavy atom. The van der Waals surface area contributed by atoms with Crippen molar-refractivity contribution in [2.75, 3.05) is 13.1 Å². The molecule has 1 N–H and O–H groups in total. The maximum absolute atomic E-state index is 8.93. The number of rotatable bonds is 2. The fourth-order valence-electron chi connectivity index (χ4n) is 3.09. The van der Waals surface area contributed by atoms with E-state index in [0.717, 1.165) is 12.6 Å². The topological polar surface area (TPSA) is 39.1 Å². The fourth-order valence-corrected chi connectivity index (χ4v) is 3.09. The summed E-state index contributed by atoms with van der Waals surface area (Å²) in [5, 5.41) is 12.5. The second kappa shape index (κ2) is 5.65. The van der Waals surface area contributed by atoms with Crippen molar-refractivity contribution in [1.29, 1.82) is 5.26 Å². The molecule has 1 heterocycles. The predicted molar refractivity (Wildman–Crippen MR) is 65.1 cm³/mol. The normalized spacial score (nSPS) is 33.5. The minimum atomic E-state index is 0.443. The van der Waals surface area contributed by atoms with Gasteiger partial charge in [0.05, 0.1) is 12.5 Å². The van der Waals surface area contributed by atoms with Crippen LogP contribution in [0.25, 0.3) is 0 Å². The molecule has 2 fully saturated rings. The maximum atomic E-state index is 8.93. The zero-order chi connectivity index (χ0) is 11.4. The fraction of sp³-hybridized carbons (Fsp3) is 0.923. The van der Waals surface area contributed by atoms with E-state index in [9.17, 15) is 0 Å². The van der Waals surface area contributed by atoms with Gasteiger partial charge in [0.2, 0.25) is 0 Å². The molecule has 0 aromatic heterocycles. The summed E-state index contributed by atoms with van der Waals surface area (Å²) < 4.78 is 0. The van der Waals surface area contributed by atoms with Crippen molar-refractivity contribution in [2.45, 2.75) is 63.6 Å². The van der Waals surface area contributed by atoms with Crippen LogP contribution in [0, 0.1) is 11.3 Å². The minimum Gasteiger partial charge on any atom is -0.313 e. The Balaban J connectivity index is 2.01. The lowest BCUT2D eigenvalue weighted by Gasteiger charge is -2.33. The Labute approximate surface area is 98.8 Å². The summed E-state index contributed by atoms with van der Waals surface area (Å²) in [6, 6.07) is 4.15. The molecule has 0 aromatic carbocycles. The third-order valence-corrected chi connectivity index (χ3v) is 4.11. The van der Waals surface area contributed by atoms with E-state index in [-0.39, 0.29) is 0 Å². The van der Waals surface area contributed by atoms with Gasteiger partial charge in [0, 0.05) is 31.2 Å². The lowest BCUT2D eigenvalue weighted by Crippen LogP contribution is -2.45. The van der Waals surface area contributed by atoms with Crippen molar-refractivity contribution in [3.8, 4) is 6.07 Å². The molecule has 90 valence electrons. The summed E-state index contributed by atoms with van der Waals surface area (Å²) in [5.41, 5.74) is 0. The minimum absolute atomic E-state index is 0.443. The zero-order valence-corrected chi connectivity index (χ0v) is 10.3. The van der Waals surface area contributed by atoms with Crippen LogP contribution < -0.4 is 5.32 Å². The number of nitriles is 1. The van der Waals surface area contributed by atoms with Gasteiger partial charge in [-0.25, -0.2) is 0 Å². The van der Waals surface area contributed by atoms with Gasteiger partial charge in [0.25, 0.3) is 0 Å². The van der Waals surface area contributed by atoms with Gasteiger partial charge in [-0.15, -0.1) is 0 Å². The van der Waals surface area contributed by atoms with Crippen molar-refractivity contribution in [1.82, 2.24) is 10.2 Å². The van der Waals surface area contributed by atoms with Gasteiger partial charge >= 0.3 is 0 Å². The largest absolute Gasteiger partial charge is 0.313 e. The Kier molecular flexibility index (Phi) is 4.20. The van der Waals surface area contributed by atoms with E-state index >= 15 is 0 Å². The Bertz CT molecular complexity index is 252. The SMILES string of the molecule is CC1CCN(C2CCCC2)C(CC#N)CN1. The molecule has 3 heteroatoms. The second-order valence-electron chi connectivity index (χ2n) is 5.29. The van der Waals surface area contributed by atoms with Gasteiger partial charge < -0.3 is 5.32 Å². The summed E-state index contributed by atoms with van der Waals surface area (Å²) in [4.78, 5) is 2.62. The van der Waals surface area contributed by atoms with Gasteiger partial charge in [-0.1, -0.05) is 12.8 Å². The molecular formula is C13H23N3. The first kappa shape index (κ1) is 11.9. The summed E-state index contributed by atoms with van der Waals surface area (Å²) in [7, 11) is 0. The van der Waals surface area contributed by atoms with E-state index in [1.807, 2.05) is 0 Å². The summed E-state index contributed by atoms with van der Waals surface area (Å²) in [5.74, 6) is 0. The first-order valence-electron chi connectivity index (χ1n) is 6.67. The van der Waals surface area contributed by atoms with Crippen LogP contribution in [0.5, 0.6) is 0 Å². The van der Waals surface area contributed by atoms with Crippen molar-refractivity contribution >= 4 is 0 Å². The van der Waals surface area contributed by atoms with E-state index < -0.39 is 0 Å². The summed E-state index contributed by atoms with van der Waals surface area (Å²) in [6.07, 6.45) is 7.34. The number of nitrogens with zero attached hydrogens (tertiary/aromatic N) is 2. The molecule has 3 nitrogen and oxygen atoms in total. The molecule has 1 aliphatic carbocycles. The van der Waals surface area contributed by atoms with E-state index in [1.54, 1.807) is 0 Å². The smallest absolute Gasteiger partial charge is 0.0638 e. The monoisotopic (exact) mass is 221 g/mol. The molecule has 1 aliphatic heterocycles. The van der Waals surface area contributed by atoms with Gasteiger partial charge in [0.15, 0.2) is 0 Å². The highest BCUT2D eigenvalue weighted by atomic mass is 15.2. The van der Waals surface area contributed by atoms with Crippen molar-refractivity contribution in [3.63, 3.8) is 0 Å². The molecule has 2 unspecified atom stereocenters. The average molecular weight is 221 g/mol. The van der Waals surface area contributed by atoms with E-state index in [4.69, 9.17) is 5.26 Å². The second-order valence-corrected chi connectivity index (χ2v) is 5.29. The molecule has 0 radical (unpaired) electrons. The van der Waals surface area contributed by atoms with Crippen LogP contribution >= 0.6 is 0 Å². The molecule has 1 saturated heterocycles. The third-order valence-electron chi connectivity index (χ3n) is 4.11. The van der Waals surface area contributed by atoms with Gasteiger partial charge in [0.1, 0.15) is 0 Å². The standard InChI is InChI=1S/C13H23N3/c1-11-7-9-16(12-4-2-3-5-12)13(6-8-14)10-15-11/h11-13,15H,2-7,9-10H2,1H3. The molecule has 2 atom stereocenters. The highest BCUT2D eigenvalue weighted by Crippen LogP contribution is 2.27. The van der Waals surface area contributed by atoms with E-state index in [0.29, 0.717) is 18.5 Å². The molecule has 0 bridgehead atoms. The lowest BCUT2D eigenvalue weighted by molar-refractivity contribution is 0.147. The van der Waals surface area contributed by atoms with Crippen molar-refractivity contribution in [3.05, 3.63) is 0 Å². The summed E-state index contributed by atoms with van der Waals surface area (Å²) >= 11 is 0. The molecule has 16 heavy (non-hydrogen) atoms. The van der Waals surface area contributed by atoms with Crippen LogP contribution in [-0.2, 0) is 0 Å².